The molecule has 0 aromatic carbocycles. The number of aromatic nitrogens is 1. The Labute approximate surface area is 91.9 Å². The summed E-state index contributed by atoms with van der Waals surface area (Å²) in [6, 6.07) is 0.283. The molecule has 0 aliphatic rings. The number of alkyl halides is 2. The van der Waals surface area contributed by atoms with Crippen LogP contribution >= 0.6 is 0 Å². The molecular formula is C8H5F3N2O4. The molecule has 0 unspecified atom stereocenters. The predicted octanol–water partition coefficient (Wildman–Crippen LogP) is 1.69. The molecule has 0 fully saturated rings. The summed E-state index contributed by atoms with van der Waals surface area (Å²) in [5.41, 5.74) is -2.12. The van der Waals surface area contributed by atoms with E-state index in [4.69, 9.17) is 5.11 Å². The molecule has 0 atom stereocenters. The largest absolute Gasteiger partial charge is 0.481 e. The first-order valence-electron chi connectivity index (χ1n) is 4.16. The quantitative estimate of drug-likeness (QED) is 0.648. The molecule has 0 spiro atoms. The zero-order valence-electron chi connectivity index (χ0n) is 8.06. The molecular weight excluding hydrogens is 245 g/mol. The number of hydrogen-bond acceptors (Lipinski definition) is 4. The van der Waals surface area contributed by atoms with Crippen molar-refractivity contribution in [2.45, 2.75) is 12.8 Å². The van der Waals surface area contributed by atoms with Crippen LogP contribution in [0.2, 0.25) is 0 Å². The number of halogens is 3. The number of carbonyl (C=O) groups is 1. The van der Waals surface area contributed by atoms with E-state index >= 15 is 0 Å². The summed E-state index contributed by atoms with van der Waals surface area (Å²) in [5, 5.41) is 18.7. The van der Waals surface area contributed by atoms with E-state index in [1.165, 1.54) is 0 Å². The second kappa shape index (κ2) is 4.76. The van der Waals surface area contributed by atoms with Crippen LogP contribution in [0.1, 0.15) is 17.7 Å². The Morgan fingerprint density at radius 3 is 2.59 bits per heavy atom. The van der Waals surface area contributed by atoms with Gasteiger partial charge in [-0.1, -0.05) is 0 Å². The van der Waals surface area contributed by atoms with Crippen molar-refractivity contribution in [3.63, 3.8) is 0 Å². The molecule has 0 radical (unpaired) electrons. The topological polar surface area (TPSA) is 93.3 Å². The van der Waals surface area contributed by atoms with Gasteiger partial charge in [0, 0.05) is 6.07 Å². The van der Waals surface area contributed by atoms with Crippen molar-refractivity contribution < 1.29 is 28.0 Å². The van der Waals surface area contributed by atoms with Crippen molar-refractivity contribution >= 4 is 11.8 Å². The number of carboxylic acid groups (broad SMARTS) is 1. The highest BCUT2D eigenvalue weighted by atomic mass is 19.3. The Hall–Kier alpha value is -2.19. The van der Waals surface area contributed by atoms with Crippen LogP contribution in [-0.2, 0) is 11.2 Å². The molecule has 1 aromatic rings. The maximum atomic E-state index is 13.3. The molecule has 1 aromatic heterocycles. The fourth-order valence-corrected chi connectivity index (χ4v) is 1.10. The Morgan fingerprint density at radius 2 is 2.18 bits per heavy atom. The summed E-state index contributed by atoms with van der Waals surface area (Å²) in [6.45, 7) is 0. The van der Waals surface area contributed by atoms with Gasteiger partial charge in [0.15, 0.2) is 11.5 Å². The Balaban J connectivity index is 3.37. The van der Waals surface area contributed by atoms with E-state index in [0.717, 1.165) is 0 Å². The summed E-state index contributed by atoms with van der Waals surface area (Å²) >= 11 is 0. The molecule has 9 heteroatoms. The van der Waals surface area contributed by atoms with Gasteiger partial charge in [-0.2, -0.15) is 0 Å². The molecule has 92 valence electrons. The predicted molar refractivity (Wildman–Crippen MR) is 47.1 cm³/mol. The molecule has 0 amide bonds. The monoisotopic (exact) mass is 250 g/mol. The van der Waals surface area contributed by atoms with Crippen molar-refractivity contribution in [3.8, 4) is 0 Å². The molecule has 0 saturated heterocycles. The number of rotatable bonds is 4. The first kappa shape index (κ1) is 12.9. The number of hydrogen-bond donors (Lipinski definition) is 1. The highest BCUT2D eigenvalue weighted by Crippen LogP contribution is 2.27. The van der Waals surface area contributed by atoms with Gasteiger partial charge in [0.25, 0.3) is 6.43 Å². The smallest absolute Gasteiger partial charge is 0.364 e. The summed E-state index contributed by atoms with van der Waals surface area (Å²) in [5.74, 6) is -4.08. The standard InChI is InChI=1S/C8H5F3N2O4/c9-7-3(8(10)11)1-5(13(16)17)12-4(7)2-6(14)15/h1,8H,2H2,(H,14,15). The van der Waals surface area contributed by atoms with E-state index in [9.17, 15) is 28.1 Å². The van der Waals surface area contributed by atoms with Gasteiger partial charge in [-0.05, 0) is 9.91 Å². The molecule has 6 nitrogen and oxygen atoms in total. The molecule has 1 heterocycles. The minimum Gasteiger partial charge on any atom is -0.481 e. The Kier molecular flexibility index (Phi) is 3.61. The van der Waals surface area contributed by atoms with Gasteiger partial charge in [-0.25, -0.2) is 13.2 Å². The Bertz CT molecular complexity index is 478. The molecule has 1 N–H and O–H groups in total. The van der Waals surface area contributed by atoms with E-state index in [1.54, 1.807) is 0 Å². The van der Waals surface area contributed by atoms with E-state index in [2.05, 4.69) is 4.98 Å². The molecule has 1 rings (SSSR count). The number of nitrogens with zero attached hydrogens (tertiary/aromatic N) is 2. The van der Waals surface area contributed by atoms with Gasteiger partial charge in [-0.15, -0.1) is 0 Å². The number of aliphatic carboxylic acids is 1. The highest BCUT2D eigenvalue weighted by Gasteiger charge is 2.26. The lowest BCUT2D eigenvalue weighted by Crippen LogP contribution is -2.09. The SMILES string of the molecule is O=C(O)Cc1nc([N+](=O)[O-])cc(C(F)F)c1F. The average molecular weight is 250 g/mol. The van der Waals surface area contributed by atoms with E-state index < -0.39 is 46.6 Å². The van der Waals surface area contributed by atoms with Crippen LogP contribution in [0.5, 0.6) is 0 Å². The third kappa shape index (κ3) is 2.89. The van der Waals surface area contributed by atoms with Crippen molar-refractivity contribution in [1.29, 1.82) is 0 Å². The fourth-order valence-electron chi connectivity index (χ4n) is 1.10. The van der Waals surface area contributed by atoms with Gasteiger partial charge >= 0.3 is 11.8 Å². The van der Waals surface area contributed by atoms with Crippen LogP contribution in [0.4, 0.5) is 19.0 Å². The summed E-state index contributed by atoms with van der Waals surface area (Å²) in [6.07, 6.45) is -4.29. The summed E-state index contributed by atoms with van der Waals surface area (Å²) in [7, 11) is 0. The maximum absolute atomic E-state index is 13.3. The first-order valence-corrected chi connectivity index (χ1v) is 4.16. The second-order valence-corrected chi connectivity index (χ2v) is 2.96. The van der Waals surface area contributed by atoms with Crippen LogP contribution in [0.15, 0.2) is 6.07 Å². The van der Waals surface area contributed by atoms with Crippen LogP contribution in [-0.4, -0.2) is 21.0 Å². The lowest BCUT2D eigenvalue weighted by Gasteiger charge is -2.03. The highest BCUT2D eigenvalue weighted by molar-refractivity contribution is 5.69. The van der Waals surface area contributed by atoms with Crippen LogP contribution in [0.25, 0.3) is 0 Å². The normalized spacial score (nSPS) is 10.6. The van der Waals surface area contributed by atoms with Crippen LogP contribution < -0.4 is 0 Å². The zero-order valence-corrected chi connectivity index (χ0v) is 8.06. The number of carboxylic acids is 1. The third-order valence-electron chi connectivity index (χ3n) is 1.78. The minimum atomic E-state index is -3.29. The Morgan fingerprint density at radius 1 is 1.59 bits per heavy atom. The summed E-state index contributed by atoms with van der Waals surface area (Å²) < 4.78 is 38.0. The van der Waals surface area contributed by atoms with Crippen LogP contribution in [0, 0.1) is 15.9 Å². The molecule has 17 heavy (non-hydrogen) atoms. The van der Waals surface area contributed by atoms with Crippen molar-refractivity contribution in [2.24, 2.45) is 0 Å². The minimum absolute atomic E-state index is 0.283. The average Bonchev–Trinajstić information content (AvgIpc) is 2.19. The van der Waals surface area contributed by atoms with Gasteiger partial charge in [0.05, 0.1) is 5.56 Å². The van der Waals surface area contributed by atoms with Crippen LogP contribution in [0.3, 0.4) is 0 Å². The molecule has 0 aliphatic heterocycles. The van der Waals surface area contributed by atoms with Crippen molar-refractivity contribution in [3.05, 3.63) is 33.3 Å². The number of pyridine rings is 1. The maximum Gasteiger partial charge on any atom is 0.364 e. The van der Waals surface area contributed by atoms with Gasteiger partial charge < -0.3 is 15.2 Å². The van der Waals surface area contributed by atoms with E-state index in [0.29, 0.717) is 0 Å². The van der Waals surface area contributed by atoms with Gasteiger partial charge in [0.1, 0.15) is 6.42 Å². The second-order valence-electron chi connectivity index (χ2n) is 2.96. The van der Waals surface area contributed by atoms with Crippen molar-refractivity contribution in [2.75, 3.05) is 0 Å². The zero-order chi connectivity index (χ0) is 13.2. The van der Waals surface area contributed by atoms with E-state index in [-0.39, 0.29) is 6.07 Å². The lowest BCUT2D eigenvalue weighted by molar-refractivity contribution is -0.389. The lowest BCUT2D eigenvalue weighted by atomic mass is 10.1. The molecule has 0 saturated carbocycles. The summed E-state index contributed by atoms with van der Waals surface area (Å²) in [4.78, 5) is 22.6. The first-order chi connectivity index (χ1) is 7.82. The van der Waals surface area contributed by atoms with Crippen molar-refractivity contribution in [1.82, 2.24) is 4.98 Å². The molecule has 0 bridgehead atoms. The fraction of sp³-hybridized carbons (Fsp3) is 0.250. The van der Waals surface area contributed by atoms with Gasteiger partial charge in [-0.3, -0.25) is 4.79 Å². The number of nitro groups is 1. The van der Waals surface area contributed by atoms with E-state index in [1.807, 2.05) is 0 Å². The molecule has 0 aliphatic carbocycles. The third-order valence-corrected chi connectivity index (χ3v) is 1.78. The van der Waals surface area contributed by atoms with Gasteiger partial charge in [0.2, 0.25) is 0 Å².